The summed E-state index contributed by atoms with van der Waals surface area (Å²) in [5.74, 6) is 1.97. The fraction of sp³-hybridized carbons (Fsp3) is 0.0377. The van der Waals surface area contributed by atoms with E-state index < -0.39 is 0 Å². The summed E-state index contributed by atoms with van der Waals surface area (Å²) in [6, 6.07) is 72.9. The van der Waals surface area contributed by atoms with Gasteiger partial charge in [0.05, 0.1) is 11.0 Å². The molecule has 8 aromatic carbocycles. The SMILES string of the molecule is c1ccc(-c2nc(-c3ccccc3)nc(-c3cccc(-c4cccc(CCc5ccccc5-c5ccc6c(c5)c5ccccc5n6-c5ccccc5)c4)c3)n2)cc1. The third-order valence-electron chi connectivity index (χ3n) is 10.8. The zero-order chi connectivity index (χ0) is 38.0. The van der Waals surface area contributed by atoms with Crippen LogP contribution in [0.3, 0.4) is 0 Å². The van der Waals surface area contributed by atoms with Gasteiger partial charge in [-0.2, -0.15) is 0 Å². The highest BCUT2D eigenvalue weighted by Crippen LogP contribution is 2.36. The highest BCUT2D eigenvalue weighted by atomic mass is 15.0. The fourth-order valence-corrected chi connectivity index (χ4v) is 7.98. The Morgan fingerprint density at radius 3 is 1.61 bits per heavy atom. The number of nitrogens with zero attached hydrogens (tertiary/aromatic N) is 4. The standard InChI is InChI=1S/C53H38N4/c1-4-18-39(19-5-1)51-54-52(40-20-6-2-7-21-40)56-53(55-51)44-24-15-23-42(35-44)41-22-14-16-37(34-41)30-31-38-17-10-11-27-46(38)43-32-33-50-48(36-43)47-28-12-13-29-49(47)57(50)45-25-8-3-9-26-45/h1-29,32-36H,30-31H2. The van der Waals surface area contributed by atoms with Gasteiger partial charge in [0.2, 0.25) is 0 Å². The zero-order valence-electron chi connectivity index (χ0n) is 31.3. The zero-order valence-corrected chi connectivity index (χ0v) is 31.3. The third kappa shape index (κ3) is 6.79. The normalized spacial score (nSPS) is 11.3. The molecule has 0 aliphatic carbocycles. The van der Waals surface area contributed by atoms with E-state index in [-0.39, 0.29) is 0 Å². The second kappa shape index (κ2) is 15.0. The Balaban J connectivity index is 0.944. The van der Waals surface area contributed by atoms with Gasteiger partial charge in [-0.15, -0.1) is 0 Å². The van der Waals surface area contributed by atoms with Crippen molar-refractivity contribution < 1.29 is 0 Å². The molecule has 0 unspecified atom stereocenters. The number of para-hydroxylation sites is 2. The van der Waals surface area contributed by atoms with Gasteiger partial charge in [-0.1, -0.05) is 170 Å². The van der Waals surface area contributed by atoms with E-state index in [9.17, 15) is 0 Å². The summed E-state index contributed by atoms with van der Waals surface area (Å²) in [4.78, 5) is 14.8. The Morgan fingerprint density at radius 1 is 0.333 bits per heavy atom. The molecule has 2 aromatic heterocycles. The Kier molecular flexibility index (Phi) is 8.98. The molecule has 0 bridgehead atoms. The molecule has 0 atom stereocenters. The predicted octanol–water partition coefficient (Wildman–Crippen LogP) is 13.1. The predicted molar refractivity (Wildman–Crippen MR) is 235 cm³/mol. The Labute approximate surface area is 332 Å². The Bertz CT molecular complexity index is 2950. The van der Waals surface area contributed by atoms with Crippen LogP contribution in [0.1, 0.15) is 11.1 Å². The molecule has 2 heterocycles. The van der Waals surface area contributed by atoms with E-state index in [0.29, 0.717) is 17.5 Å². The lowest BCUT2D eigenvalue weighted by Gasteiger charge is -2.12. The van der Waals surface area contributed by atoms with Crippen molar-refractivity contribution in [3.05, 3.63) is 217 Å². The van der Waals surface area contributed by atoms with Gasteiger partial charge in [0.15, 0.2) is 17.5 Å². The van der Waals surface area contributed by atoms with Crippen LogP contribution in [0, 0.1) is 0 Å². The van der Waals surface area contributed by atoms with Crippen LogP contribution in [0.15, 0.2) is 206 Å². The van der Waals surface area contributed by atoms with E-state index in [1.165, 1.54) is 55.3 Å². The van der Waals surface area contributed by atoms with Gasteiger partial charge in [-0.3, -0.25) is 0 Å². The van der Waals surface area contributed by atoms with Crippen LogP contribution in [0.2, 0.25) is 0 Å². The van der Waals surface area contributed by atoms with Crippen LogP contribution < -0.4 is 0 Å². The topological polar surface area (TPSA) is 43.6 Å². The molecule has 4 nitrogen and oxygen atoms in total. The molecule has 0 fully saturated rings. The van der Waals surface area contributed by atoms with Crippen molar-refractivity contribution in [2.75, 3.05) is 0 Å². The van der Waals surface area contributed by atoms with E-state index in [0.717, 1.165) is 35.1 Å². The van der Waals surface area contributed by atoms with Crippen LogP contribution in [0.4, 0.5) is 0 Å². The Hall–Kier alpha value is -7.43. The quantitative estimate of drug-likeness (QED) is 0.148. The lowest BCUT2D eigenvalue weighted by Crippen LogP contribution is -2.00. The second-order valence-electron chi connectivity index (χ2n) is 14.4. The summed E-state index contributed by atoms with van der Waals surface area (Å²) in [7, 11) is 0. The minimum Gasteiger partial charge on any atom is -0.309 e. The molecule has 0 amide bonds. The highest BCUT2D eigenvalue weighted by molar-refractivity contribution is 6.10. The van der Waals surface area contributed by atoms with E-state index in [4.69, 9.17) is 15.0 Å². The first-order valence-electron chi connectivity index (χ1n) is 19.5. The van der Waals surface area contributed by atoms with E-state index in [1.807, 2.05) is 60.7 Å². The van der Waals surface area contributed by atoms with E-state index in [1.54, 1.807) is 0 Å². The summed E-state index contributed by atoms with van der Waals surface area (Å²) >= 11 is 0. The smallest absolute Gasteiger partial charge is 0.164 e. The number of hydrogen-bond donors (Lipinski definition) is 0. The lowest BCUT2D eigenvalue weighted by atomic mass is 9.93. The van der Waals surface area contributed by atoms with Gasteiger partial charge in [0.1, 0.15) is 0 Å². The fourth-order valence-electron chi connectivity index (χ4n) is 7.98. The minimum absolute atomic E-state index is 0.653. The first kappa shape index (κ1) is 34.1. The van der Waals surface area contributed by atoms with Gasteiger partial charge in [0.25, 0.3) is 0 Å². The molecule has 0 saturated heterocycles. The Morgan fingerprint density at radius 2 is 0.877 bits per heavy atom. The summed E-state index contributed by atoms with van der Waals surface area (Å²) in [6.45, 7) is 0. The minimum atomic E-state index is 0.653. The van der Waals surface area contributed by atoms with Crippen LogP contribution in [-0.4, -0.2) is 19.5 Å². The first-order valence-corrected chi connectivity index (χ1v) is 19.5. The number of aromatic nitrogens is 4. The third-order valence-corrected chi connectivity index (χ3v) is 10.8. The van der Waals surface area contributed by atoms with E-state index in [2.05, 4.69) is 150 Å². The molecule has 10 aromatic rings. The number of rotatable bonds is 9. The van der Waals surface area contributed by atoms with Crippen LogP contribution in [0.25, 0.3) is 83.9 Å². The van der Waals surface area contributed by atoms with Gasteiger partial charge < -0.3 is 4.57 Å². The molecule has 0 aliphatic rings. The first-order chi connectivity index (χ1) is 28.2. The molecule has 0 spiro atoms. The van der Waals surface area contributed by atoms with Crippen molar-refractivity contribution in [3.8, 4) is 62.1 Å². The maximum Gasteiger partial charge on any atom is 0.164 e. The molecule has 4 heteroatoms. The number of benzene rings is 8. The van der Waals surface area contributed by atoms with Crippen LogP contribution >= 0.6 is 0 Å². The number of fused-ring (bicyclic) bond motifs is 3. The van der Waals surface area contributed by atoms with Crippen molar-refractivity contribution in [1.82, 2.24) is 19.5 Å². The maximum atomic E-state index is 4.97. The molecular formula is C53H38N4. The van der Waals surface area contributed by atoms with Crippen LogP contribution in [-0.2, 0) is 12.8 Å². The molecular weight excluding hydrogens is 693 g/mol. The maximum absolute atomic E-state index is 4.97. The van der Waals surface area contributed by atoms with Gasteiger partial charge in [0, 0.05) is 33.2 Å². The lowest BCUT2D eigenvalue weighted by molar-refractivity contribution is 0.962. The number of hydrogen-bond acceptors (Lipinski definition) is 3. The van der Waals surface area contributed by atoms with Crippen molar-refractivity contribution in [3.63, 3.8) is 0 Å². The summed E-state index contributed by atoms with van der Waals surface area (Å²) in [5.41, 5.74) is 13.9. The van der Waals surface area contributed by atoms with Gasteiger partial charge >= 0.3 is 0 Å². The molecule has 57 heavy (non-hydrogen) atoms. The van der Waals surface area contributed by atoms with Crippen LogP contribution in [0.5, 0.6) is 0 Å². The average Bonchev–Trinajstić information content (AvgIpc) is 3.63. The van der Waals surface area contributed by atoms with Crippen molar-refractivity contribution >= 4 is 21.8 Å². The summed E-state index contributed by atoms with van der Waals surface area (Å²) < 4.78 is 2.37. The summed E-state index contributed by atoms with van der Waals surface area (Å²) in [5, 5.41) is 2.53. The van der Waals surface area contributed by atoms with E-state index >= 15 is 0 Å². The number of aryl methyl sites for hydroxylation is 2. The van der Waals surface area contributed by atoms with Gasteiger partial charge in [-0.05, 0) is 82.6 Å². The summed E-state index contributed by atoms with van der Waals surface area (Å²) in [6.07, 6.45) is 1.85. The van der Waals surface area contributed by atoms with Crippen molar-refractivity contribution in [1.29, 1.82) is 0 Å². The van der Waals surface area contributed by atoms with Gasteiger partial charge in [-0.25, -0.2) is 15.0 Å². The molecule has 270 valence electrons. The molecule has 10 rings (SSSR count). The molecule has 0 aliphatic heterocycles. The van der Waals surface area contributed by atoms with Crippen molar-refractivity contribution in [2.24, 2.45) is 0 Å². The highest BCUT2D eigenvalue weighted by Gasteiger charge is 2.16. The second-order valence-corrected chi connectivity index (χ2v) is 14.4. The molecule has 0 radical (unpaired) electrons. The average molecular weight is 731 g/mol. The monoisotopic (exact) mass is 730 g/mol. The largest absolute Gasteiger partial charge is 0.309 e. The molecule has 0 N–H and O–H groups in total. The van der Waals surface area contributed by atoms with Crippen molar-refractivity contribution in [2.45, 2.75) is 12.8 Å². The molecule has 0 saturated carbocycles.